The number of alkyl halides is 6. The van der Waals surface area contributed by atoms with Gasteiger partial charge in [-0.05, 0) is 56.5 Å². The van der Waals surface area contributed by atoms with E-state index in [1.807, 2.05) is 6.92 Å². The van der Waals surface area contributed by atoms with Gasteiger partial charge in [0.05, 0.1) is 23.2 Å². The van der Waals surface area contributed by atoms with E-state index in [1.54, 1.807) is 0 Å². The van der Waals surface area contributed by atoms with Gasteiger partial charge in [-0.2, -0.15) is 26.3 Å². The molecule has 232 valence electrons. The summed E-state index contributed by atoms with van der Waals surface area (Å²) in [5.41, 5.74) is -7.56. The number of nitrogens with one attached hydrogen (secondary N) is 3. The van der Waals surface area contributed by atoms with E-state index in [1.165, 1.54) is 12.1 Å². The van der Waals surface area contributed by atoms with Gasteiger partial charge in [0, 0.05) is 40.8 Å². The minimum Gasteiger partial charge on any atom is -0.393 e. The summed E-state index contributed by atoms with van der Waals surface area (Å²) in [6.07, 6.45) is -10.0. The number of amides is 1. The van der Waals surface area contributed by atoms with Crippen molar-refractivity contribution in [3.05, 3.63) is 79.6 Å². The van der Waals surface area contributed by atoms with Gasteiger partial charge in [0.2, 0.25) is 5.56 Å². The van der Waals surface area contributed by atoms with Gasteiger partial charge in [0.25, 0.3) is 11.6 Å². The Morgan fingerprint density at radius 3 is 2.33 bits per heavy atom. The molecule has 4 rings (SSSR count). The third-order valence-electron chi connectivity index (χ3n) is 7.20. The predicted molar refractivity (Wildman–Crippen MR) is 141 cm³/mol. The Hall–Kier alpha value is -4.02. The van der Waals surface area contributed by atoms with Crippen LogP contribution < -0.4 is 16.2 Å². The van der Waals surface area contributed by atoms with Crippen LogP contribution in [0.2, 0.25) is 0 Å². The largest absolute Gasteiger partial charge is 0.423 e. The zero-order chi connectivity index (χ0) is 31.9. The topological polar surface area (TPSA) is 147 Å². The highest BCUT2D eigenvalue weighted by Gasteiger charge is 2.43. The second-order valence-electron chi connectivity index (χ2n) is 10.5. The van der Waals surface area contributed by atoms with Crippen molar-refractivity contribution in [3.63, 3.8) is 0 Å². The first-order valence-corrected chi connectivity index (χ1v) is 12.9. The predicted octanol–water partition coefficient (Wildman–Crippen LogP) is 5.06. The molecule has 1 saturated heterocycles. The lowest BCUT2D eigenvalue weighted by atomic mass is 9.96. The maximum absolute atomic E-state index is 13.8. The molecule has 10 nitrogen and oxygen atoms in total. The van der Waals surface area contributed by atoms with Crippen LogP contribution in [0.25, 0.3) is 10.9 Å². The molecule has 3 aromatic rings. The van der Waals surface area contributed by atoms with E-state index in [2.05, 4.69) is 15.6 Å². The first-order chi connectivity index (χ1) is 19.9. The summed E-state index contributed by atoms with van der Waals surface area (Å²) in [4.78, 5) is 37.3. The fraction of sp³-hybridized carbons (Fsp3) is 0.407. The molecule has 1 amide bonds. The number of hydrogen-bond donors (Lipinski definition) is 4. The van der Waals surface area contributed by atoms with Crippen molar-refractivity contribution in [2.45, 2.75) is 62.8 Å². The van der Waals surface area contributed by atoms with E-state index in [4.69, 9.17) is 4.74 Å². The van der Waals surface area contributed by atoms with E-state index in [-0.39, 0.29) is 22.5 Å². The number of nitrogens with zero attached hydrogens (tertiary/aromatic N) is 1. The third-order valence-corrected chi connectivity index (χ3v) is 7.20. The zero-order valence-corrected chi connectivity index (χ0v) is 22.6. The second kappa shape index (κ2) is 11.6. The van der Waals surface area contributed by atoms with E-state index in [0.29, 0.717) is 31.0 Å². The van der Waals surface area contributed by atoms with Gasteiger partial charge in [-0.15, -0.1) is 0 Å². The molecule has 43 heavy (non-hydrogen) atoms. The molecule has 4 N–H and O–H groups in total. The molecule has 4 atom stereocenters. The number of pyridine rings is 1. The molecule has 1 aromatic heterocycles. The average Bonchev–Trinajstić information content (AvgIpc) is 3.35. The summed E-state index contributed by atoms with van der Waals surface area (Å²) in [7, 11) is 0. The number of carbonyl (C=O) groups is 1. The van der Waals surface area contributed by atoms with E-state index >= 15 is 0 Å². The molecule has 0 saturated carbocycles. The number of fused-ring (bicyclic) bond motifs is 1. The number of aliphatic hydroxyl groups is 1. The van der Waals surface area contributed by atoms with Crippen LogP contribution in [0.3, 0.4) is 0 Å². The fourth-order valence-electron chi connectivity index (χ4n) is 4.97. The number of ether oxygens (including phenoxy) is 1. The van der Waals surface area contributed by atoms with Gasteiger partial charge in [-0.3, -0.25) is 19.7 Å². The van der Waals surface area contributed by atoms with Crippen molar-refractivity contribution in [2.24, 2.45) is 0 Å². The highest BCUT2D eigenvalue weighted by Crippen LogP contribution is 2.39. The Labute approximate surface area is 239 Å². The van der Waals surface area contributed by atoms with Gasteiger partial charge < -0.3 is 25.5 Å². The fourth-order valence-corrected chi connectivity index (χ4v) is 4.97. The van der Waals surface area contributed by atoms with Crippen LogP contribution in [0, 0.1) is 10.1 Å². The average molecular weight is 617 g/mol. The molecule has 0 bridgehead atoms. The van der Waals surface area contributed by atoms with Crippen LogP contribution in [0.15, 0.2) is 47.3 Å². The summed E-state index contributed by atoms with van der Waals surface area (Å²) in [6, 6.07) is 5.45. The Kier molecular flexibility index (Phi) is 8.59. The molecule has 1 aliphatic heterocycles. The molecule has 2 heterocycles. The molecule has 2 unspecified atom stereocenters. The van der Waals surface area contributed by atoms with Crippen LogP contribution in [-0.4, -0.2) is 45.2 Å². The highest BCUT2D eigenvalue weighted by atomic mass is 19.4. The Bertz CT molecular complexity index is 1610. The number of H-pyrrole nitrogens is 1. The van der Waals surface area contributed by atoms with E-state index in [0.717, 1.165) is 19.1 Å². The first kappa shape index (κ1) is 31.9. The molecule has 1 fully saturated rings. The van der Waals surface area contributed by atoms with Crippen LogP contribution in [-0.2, 0) is 21.9 Å². The number of aromatic amines is 1. The SMILES string of the molecule is C[C@@H]1CC[C@H](C(OC(C)(CO)C(=O)Nc2ccc([N+](=O)[O-])c(C(F)(F)F)c2)c2ccc3[nH]c(=O)cc(C(F)(F)F)c3c2)N1. The number of carbonyl (C=O) groups excluding carboxylic acids is 1. The van der Waals surface area contributed by atoms with Crippen molar-refractivity contribution in [1.29, 1.82) is 0 Å². The maximum atomic E-state index is 13.8. The summed E-state index contributed by atoms with van der Waals surface area (Å²) >= 11 is 0. The van der Waals surface area contributed by atoms with Crippen molar-refractivity contribution in [1.82, 2.24) is 10.3 Å². The smallest absolute Gasteiger partial charge is 0.393 e. The Balaban J connectivity index is 1.73. The van der Waals surface area contributed by atoms with E-state index in [9.17, 15) is 51.2 Å². The van der Waals surface area contributed by atoms with Crippen molar-refractivity contribution in [3.8, 4) is 0 Å². The molecular weight excluding hydrogens is 590 g/mol. The quantitative estimate of drug-likeness (QED) is 0.157. The van der Waals surface area contributed by atoms with Gasteiger partial charge in [-0.25, -0.2) is 0 Å². The number of benzene rings is 2. The summed E-state index contributed by atoms with van der Waals surface area (Å²) in [5.74, 6) is -1.12. The number of nitro groups is 1. The minimum absolute atomic E-state index is 0.0336. The lowest BCUT2D eigenvalue weighted by molar-refractivity contribution is -0.388. The minimum atomic E-state index is -5.12. The number of aliphatic hydroxyl groups excluding tert-OH is 1. The first-order valence-electron chi connectivity index (χ1n) is 12.9. The number of rotatable bonds is 8. The van der Waals surface area contributed by atoms with Gasteiger partial charge >= 0.3 is 12.4 Å². The van der Waals surface area contributed by atoms with Crippen molar-refractivity contribution in [2.75, 3.05) is 11.9 Å². The summed E-state index contributed by atoms with van der Waals surface area (Å²) in [5, 5.41) is 26.3. The van der Waals surface area contributed by atoms with Gasteiger partial charge in [0.1, 0.15) is 5.56 Å². The van der Waals surface area contributed by atoms with Gasteiger partial charge in [-0.1, -0.05) is 6.07 Å². The molecule has 0 radical (unpaired) electrons. The zero-order valence-electron chi connectivity index (χ0n) is 22.6. The van der Waals surface area contributed by atoms with Gasteiger partial charge in [0.15, 0.2) is 5.60 Å². The Morgan fingerprint density at radius 1 is 1.09 bits per heavy atom. The standard InChI is InChI=1S/C27H26F6N4O6/c1-13-3-6-20(34-13)23(14-4-7-19-16(9-14)17(26(28,29)30)11-22(39)36-19)43-25(2,12-38)24(40)35-15-5-8-21(37(41)42)18(10-15)27(31,32)33/h4-5,7-11,13,20,23,34,38H,3,6,12H2,1-2H3,(H,35,40)(H,36,39)/t13-,20-,23?,25?/m1/s1. The summed E-state index contributed by atoms with van der Waals surface area (Å²) < 4.78 is 87.8. The van der Waals surface area contributed by atoms with Crippen LogP contribution in [0.5, 0.6) is 0 Å². The molecule has 0 aliphatic carbocycles. The third kappa shape index (κ3) is 6.81. The van der Waals surface area contributed by atoms with Crippen molar-refractivity contribution < 1.29 is 45.9 Å². The Morgan fingerprint density at radius 2 is 1.77 bits per heavy atom. The number of anilines is 1. The number of nitro benzene ring substituents is 1. The molecule has 16 heteroatoms. The second-order valence-corrected chi connectivity index (χ2v) is 10.5. The lowest BCUT2D eigenvalue weighted by Crippen LogP contribution is -2.49. The monoisotopic (exact) mass is 616 g/mol. The van der Waals surface area contributed by atoms with Crippen LogP contribution in [0.1, 0.15) is 49.5 Å². The highest BCUT2D eigenvalue weighted by molar-refractivity contribution is 5.97. The molecule has 0 spiro atoms. The van der Waals surface area contributed by atoms with Crippen LogP contribution in [0.4, 0.5) is 37.7 Å². The number of halogens is 6. The maximum Gasteiger partial charge on any atom is 0.423 e. The molecule has 2 aromatic carbocycles. The number of aromatic nitrogens is 1. The molecular formula is C27H26F6N4O6. The summed E-state index contributed by atoms with van der Waals surface area (Å²) in [6.45, 7) is 2.00. The van der Waals surface area contributed by atoms with Crippen molar-refractivity contribution >= 4 is 28.2 Å². The molecule has 1 aliphatic rings. The normalized spacial score (nSPS) is 19.7. The number of hydrogen-bond acceptors (Lipinski definition) is 7. The van der Waals surface area contributed by atoms with E-state index < -0.39 is 75.6 Å². The van der Waals surface area contributed by atoms with Crippen LogP contribution >= 0.6 is 0 Å². The lowest BCUT2D eigenvalue weighted by Gasteiger charge is -2.35.